The Morgan fingerprint density at radius 3 is 2.53 bits per heavy atom. The Labute approximate surface area is 87.2 Å². The van der Waals surface area contributed by atoms with E-state index in [1.807, 2.05) is 0 Å². The summed E-state index contributed by atoms with van der Waals surface area (Å²) in [5, 5.41) is 0. The van der Waals surface area contributed by atoms with Crippen LogP contribution in [0.15, 0.2) is 29.2 Å². The summed E-state index contributed by atoms with van der Waals surface area (Å²) in [6.07, 6.45) is 0. The molecule has 1 aromatic carbocycles. The van der Waals surface area contributed by atoms with E-state index in [0.29, 0.717) is 0 Å². The van der Waals surface area contributed by atoms with E-state index in [9.17, 15) is 13.2 Å². The molecule has 0 fully saturated rings. The average molecular weight is 225 g/mol. The van der Waals surface area contributed by atoms with Gasteiger partial charge in [-0.25, -0.2) is 11.4 Å². The van der Waals surface area contributed by atoms with Crippen LogP contribution in [0.5, 0.6) is 0 Å². The summed E-state index contributed by atoms with van der Waals surface area (Å²) >= 11 is 0. The summed E-state index contributed by atoms with van der Waals surface area (Å²) in [5.74, 6) is -0.780. The lowest BCUT2D eigenvalue weighted by molar-refractivity contribution is 0.0596. The van der Waals surface area contributed by atoms with Gasteiger partial charge >= 0.3 is 16.0 Å². The average Bonchev–Trinajstić information content (AvgIpc) is 2.28. The molecule has 1 aromatic rings. The Kier molecular flexibility index (Phi) is 3.07. The Morgan fingerprint density at radius 2 is 2.00 bits per heavy atom. The van der Waals surface area contributed by atoms with Crippen LogP contribution in [0.4, 0.5) is 0 Å². The van der Waals surface area contributed by atoms with Crippen LogP contribution >= 0.6 is 0 Å². The molecule has 0 unspecified atom stereocenters. The maximum atomic E-state index is 11.3. The van der Waals surface area contributed by atoms with E-state index in [1.54, 1.807) is 0 Å². The Bertz CT molecular complexity index is 527. The standard InChI is InChI=1S/C9H7NO4S/c1-10-15(12,13)8-6-4-3-5-7(8)9(11)14-2/h3-6H,2H3. The molecule has 0 saturated carbocycles. The lowest BCUT2D eigenvalue weighted by Crippen LogP contribution is -2.08. The predicted octanol–water partition coefficient (Wildman–Crippen LogP) is 1.08. The topological polar surface area (TPSA) is 64.8 Å². The molecular weight excluding hydrogens is 218 g/mol. The van der Waals surface area contributed by atoms with Gasteiger partial charge in [-0.2, -0.15) is 4.25 Å². The molecule has 0 aromatic heterocycles. The molecule has 6 heteroatoms. The van der Waals surface area contributed by atoms with Gasteiger partial charge in [0, 0.05) is 0 Å². The number of carbonyl (C=O) groups excluding carboxylic acids is 1. The fraction of sp³-hybridized carbons (Fsp3) is 0.111. The Hall–Kier alpha value is -1.87. The van der Waals surface area contributed by atoms with Gasteiger partial charge in [0.15, 0.2) is 4.90 Å². The third-order valence-corrected chi connectivity index (χ3v) is 2.84. The van der Waals surface area contributed by atoms with Gasteiger partial charge in [0.2, 0.25) is 0 Å². The van der Waals surface area contributed by atoms with Crippen molar-refractivity contribution in [1.82, 2.24) is 0 Å². The van der Waals surface area contributed by atoms with Crippen LogP contribution in [0.25, 0.3) is 4.25 Å². The number of rotatable bonds is 2. The van der Waals surface area contributed by atoms with E-state index in [1.165, 1.54) is 24.3 Å². The molecule has 0 amide bonds. The normalized spacial score (nSPS) is 10.4. The van der Waals surface area contributed by atoms with Gasteiger partial charge in [-0.3, -0.25) is 0 Å². The second-order valence-electron chi connectivity index (χ2n) is 2.55. The van der Waals surface area contributed by atoms with Crippen LogP contribution in [0.1, 0.15) is 10.4 Å². The minimum atomic E-state index is -4.09. The van der Waals surface area contributed by atoms with E-state index >= 15 is 0 Å². The molecule has 0 N–H and O–H groups in total. The highest BCUT2D eigenvalue weighted by Crippen LogP contribution is 2.18. The lowest BCUT2D eigenvalue weighted by Gasteiger charge is -2.01. The van der Waals surface area contributed by atoms with Crippen molar-refractivity contribution in [2.75, 3.05) is 7.11 Å². The molecule has 0 aliphatic heterocycles. The molecule has 0 spiro atoms. The highest BCUT2D eigenvalue weighted by molar-refractivity contribution is 7.93. The molecule has 0 heterocycles. The number of methoxy groups -OCH3 is 1. The SMILES string of the molecule is [C-]#[N+]S(=O)(=O)c1ccccc1C(=O)OC. The zero-order valence-corrected chi connectivity index (χ0v) is 8.61. The van der Waals surface area contributed by atoms with Gasteiger partial charge in [-0.05, 0) is 12.1 Å². The molecule has 0 aliphatic carbocycles. The third-order valence-electron chi connectivity index (χ3n) is 1.69. The summed E-state index contributed by atoms with van der Waals surface area (Å²) in [6.45, 7) is 6.52. The second kappa shape index (κ2) is 4.11. The number of hydrogen-bond acceptors (Lipinski definition) is 4. The van der Waals surface area contributed by atoms with Gasteiger partial charge in [-0.15, -0.1) is 8.42 Å². The third kappa shape index (κ3) is 2.14. The fourth-order valence-electron chi connectivity index (χ4n) is 1.02. The quantitative estimate of drug-likeness (QED) is 0.558. The molecule has 0 atom stereocenters. The van der Waals surface area contributed by atoms with Crippen molar-refractivity contribution >= 4 is 16.0 Å². The largest absolute Gasteiger partial charge is 0.469 e. The first-order chi connectivity index (χ1) is 7.03. The van der Waals surface area contributed by atoms with Crippen LogP contribution in [0.3, 0.4) is 0 Å². The molecule has 0 radical (unpaired) electrons. The number of esters is 1. The van der Waals surface area contributed by atoms with Gasteiger partial charge in [0.25, 0.3) is 0 Å². The van der Waals surface area contributed by atoms with E-state index in [-0.39, 0.29) is 10.5 Å². The summed E-state index contributed by atoms with van der Waals surface area (Å²) in [7, 11) is -2.95. The van der Waals surface area contributed by atoms with Gasteiger partial charge in [0.05, 0.1) is 12.7 Å². The van der Waals surface area contributed by atoms with Crippen molar-refractivity contribution in [3.63, 3.8) is 0 Å². The molecule has 78 valence electrons. The second-order valence-corrected chi connectivity index (χ2v) is 4.13. The van der Waals surface area contributed by atoms with E-state index in [0.717, 1.165) is 7.11 Å². The van der Waals surface area contributed by atoms with Gasteiger partial charge in [0.1, 0.15) is 0 Å². The van der Waals surface area contributed by atoms with Gasteiger partial charge < -0.3 is 4.74 Å². The van der Waals surface area contributed by atoms with Crippen LogP contribution < -0.4 is 0 Å². The maximum Gasteiger partial charge on any atom is 0.469 e. The number of benzene rings is 1. The van der Waals surface area contributed by atoms with E-state index < -0.39 is 16.0 Å². The monoisotopic (exact) mass is 225 g/mol. The summed E-state index contributed by atoms with van der Waals surface area (Å²) in [6, 6.07) is 5.42. The number of ether oxygens (including phenoxy) is 1. The zero-order valence-electron chi connectivity index (χ0n) is 7.80. The van der Waals surface area contributed by atoms with Crippen LogP contribution in [0.2, 0.25) is 0 Å². The van der Waals surface area contributed by atoms with Crippen LogP contribution in [-0.2, 0) is 14.8 Å². The first-order valence-corrected chi connectivity index (χ1v) is 5.28. The first-order valence-electron chi connectivity index (χ1n) is 3.84. The van der Waals surface area contributed by atoms with Crippen molar-refractivity contribution in [3.05, 3.63) is 40.7 Å². The van der Waals surface area contributed by atoms with Crippen molar-refractivity contribution in [2.24, 2.45) is 0 Å². The predicted molar refractivity (Wildman–Crippen MR) is 51.6 cm³/mol. The number of hydrogen-bond donors (Lipinski definition) is 0. The van der Waals surface area contributed by atoms with Crippen molar-refractivity contribution < 1.29 is 17.9 Å². The number of sulfonamides is 1. The highest BCUT2D eigenvalue weighted by atomic mass is 32.2. The van der Waals surface area contributed by atoms with Crippen molar-refractivity contribution in [3.8, 4) is 0 Å². The minimum Gasteiger partial charge on any atom is -0.465 e. The zero-order chi connectivity index (χ0) is 11.5. The molecule has 0 bridgehead atoms. The Morgan fingerprint density at radius 1 is 1.40 bits per heavy atom. The molecule has 5 nitrogen and oxygen atoms in total. The van der Waals surface area contributed by atoms with Crippen LogP contribution in [0, 0.1) is 6.57 Å². The van der Waals surface area contributed by atoms with Crippen LogP contribution in [-0.4, -0.2) is 21.5 Å². The smallest absolute Gasteiger partial charge is 0.465 e. The first kappa shape index (κ1) is 11.2. The highest BCUT2D eigenvalue weighted by Gasteiger charge is 2.26. The summed E-state index contributed by atoms with van der Waals surface area (Å²) in [5.41, 5.74) is -0.129. The molecular formula is C9H7NO4S. The molecule has 0 aliphatic rings. The van der Waals surface area contributed by atoms with Gasteiger partial charge in [-0.1, -0.05) is 12.1 Å². The van der Waals surface area contributed by atoms with E-state index in [4.69, 9.17) is 6.57 Å². The fourth-order valence-corrected chi connectivity index (χ4v) is 1.80. The van der Waals surface area contributed by atoms with Crippen molar-refractivity contribution in [1.29, 1.82) is 0 Å². The van der Waals surface area contributed by atoms with Crippen molar-refractivity contribution in [2.45, 2.75) is 4.90 Å². The lowest BCUT2D eigenvalue weighted by atomic mass is 10.2. The number of carbonyl (C=O) groups is 1. The minimum absolute atomic E-state index is 0.129. The molecule has 1 rings (SSSR count). The molecule has 0 saturated heterocycles. The summed E-state index contributed by atoms with van der Waals surface area (Å²) < 4.78 is 29.5. The summed E-state index contributed by atoms with van der Waals surface area (Å²) in [4.78, 5) is 10.9. The number of nitrogens with zero attached hydrogens (tertiary/aromatic N) is 1. The molecule has 15 heavy (non-hydrogen) atoms. The Balaban J connectivity index is 3.46. The maximum absolute atomic E-state index is 11.3. The van der Waals surface area contributed by atoms with E-state index in [2.05, 4.69) is 8.99 Å².